The summed E-state index contributed by atoms with van der Waals surface area (Å²) in [4.78, 5) is 23.3. The summed E-state index contributed by atoms with van der Waals surface area (Å²) in [5.41, 5.74) is 2.75. The molecular formula is C22H27N5O3. The molecule has 0 bridgehead atoms. The van der Waals surface area contributed by atoms with Crippen molar-refractivity contribution in [3.8, 4) is 11.5 Å². The van der Waals surface area contributed by atoms with Gasteiger partial charge in [-0.25, -0.2) is 0 Å². The molecule has 4 heterocycles. The van der Waals surface area contributed by atoms with Gasteiger partial charge >= 0.3 is 0 Å². The molecule has 1 amide bonds. The molecule has 30 heavy (non-hydrogen) atoms. The van der Waals surface area contributed by atoms with Gasteiger partial charge < -0.3 is 13.9 Å². The average Bonchev–Trinajstić information content (AvgIpc) is 3.38. The van der Waals surface area contributed by atoms with E-state index in [1.807, 2.05) is 30.9 Å². The number of rotatable bonds is 7. The lowest BCUT2D eigenvalue weighted by atomic mass is 9.93. The van der Waals surface area contributed by atoms with Crippen molar-refractivity contribution in [2.75, 3.05) is 13.1 Å². The normalized spacial score (nSPS) is 16.7. The summed E-state index contributed by atoms with van der Waals surface area (Å²) in [5.74, 6) is 2.68. The van der Waals surface area contributed by atoms with Crippen LogP contribution in [0.15, 0.2) is 33.6 Å². The van der Waals surface area contributed by atoms with Crippen LogP contribution < -0.4 is 0 Å². The Hall–Kier alpha value is -3.03. The van der Waals surface area contributed by atoms with Gasteiger partial charge in [-0.15, -0.1) is 0 Å². The predicted molar refractivity (Wildman–Crippen MR) is 109 cm³/mol. The minimum atomic E-state index is 0.207. The van der Waals surface area contributed by atoms with Gasteiger partial charge in [0.1, 0.15) is 5.76 Å². The number of hydrogen-bond donors (Lipinski definition) is 0. The molecule has 3 aromatic rings. The van der Waals surface area contributed by atoms with Crippen LogP contribution in [0.5, 0.6) is 0 Å². The Bertz CT molecular complexity index is 962. The van der Waals surface area contributed by atoms with E-state index in [0.29, 0.717) is 30.5 Å². The van der Waals surface area contributed by atoms with E-state index in [1.54, 1.807) is 12.4 Å². The van der Waals surface area contributed by atoms with Crippen LogP contribution >= 0.6 is 0 Å². The first kappa shape index (κ1) is 20.3. The van der Waals surface area contributed by atoms with Crippen molar-refractivity contribution in [1.82, 2.24) is 25.2 Å². The summed E-state index contributed by atoms with van der Waals surface area (Å²) < 4.78 is 10.6. The van der Waals surface area contributed by atoms with Crippen molar-refractivity contribution in [2.24, 2.45) is 5.92 Å². The van der Waals surface area contributed by atoms with Gasteiger partial charge in [-0.3, -0.25) is 9.78 Å². The van der Waals surface area contributed by atoms with Crippen molar-refractivity contribution in [2.45, 2.75) is 52.4 Å². The third-order valence-corrected chi connectivity index (χ3v) is 5.79. The Balaban J connectivity index is 1.27. The number of aromatic nitrogens is 4. The highest BCUT2D eigenvalue weighted by molar-refractivity contribution is 5.76. The van der Waals surface area contributed by atoms with E-state index in [-0.39, 0.29) is 5.91 Å². The number of nitrogens with zero attached hydrogens (tertiary/aromatic N) is 5. The molecular weight excluding hydrogens is 382 g/mol. The van der Waals surface area contributed by atoms with E-state index in [0.717, 1.165) is 61.4 Å². The number of likely N-dealkylation sites (tertiary alicyclic amines) is 1. The topological polar surface area (TPSA) is 98.2 Å². The minimum absolute atomic E-state index is 0.207. The molecule has 0 aromatic carbocycles. The largest absolute Gasteiger partial charge is 0.361 e. The van der Waals surface area contributed by atoms with E-state index in [2.05, 4.69) is 20.3 Å². The first-order chi connectivity index (χ1) is 14.6. The smallest absolute Gasteiger partial charge is 0.259 e. The minimum Gasteiger partial charge on any atom is -0.361 e. The highest BCUT2D eigenvalue weighted by Crippen LogP contribution is 2.23. The molecule has 1 fully saturated rings. The highest BCUT2D eigenvalue weighted by Gasteiger charge is 2.24. The summed E-state index contributed by atoms with van der Waals surface area (Å²) in [5, 5.41) is 8.07. The lowest BCUT2D eigenvalue weighted by molar-refractivity contribution is -0.133. The summed E-state index contributed by atoms with van der Waals surface area (Å²) in [6.07, 6.45) is 8.46. The maximum absolute atomic E-state index is 12.7. The molecule has 3 aromatic heterocycles. The van der Waals surface area contributed by atoms with Crippen LogP contribution in [0.3, 0.4) is 0 Å². The van der Waals surface area contributed by atoms with Gasteiger partial charge in [0.15, 0.2) is 5.82 Å². The molecule has 8 nitrogen and oxygen atoms in total. The third-order valence-electron chi connectivity index (χ3n) is 5.79. The van der Waals surface area contributed by atoms with Crippen molar-refractivity contribution in [3.63, 3.8) is 0 Å². The second-order valence-electron chi connectivity index (χ2n) is 7.95. The maximum Gasteiger partial charge on any atom is 0.259 e. The molecule has 1 atom stereocenters. The van der Waals surface area contributed by atoms with E-state index < -0.39 is 0 Å². The molecule has 0 saturated carbocycles. The highest BCUT2D eigenvalue weighted by atomic mass is 16.5. The van der Waals surface area contributed by atoms with Gasteiger partial charge in [0.2, 0.25) is 5.91 Å². The molecule has 4 rings (SSSR count). The predicted octanol–water partition coefficient (Wildman–Crippen LogP) is 3.54. The summed E-state index contributed by atoms with van der Waals surface area (Å²) in [6, 6.07) is 3.75. The van der Waals surface area contributed by atoms with E-state index in [9.17, 15) is 4.79 Å². The summed E-state index contributed by atoms with van der Waals surface area (Å²) in [7, 11) is 0. The van der Waals surface area contributed by atoms with Crippen LogP contribution in [0.4, 0.5) is 0 Å². The fourth-order valence-electron chi connectivity index (χ4n) is 4.07. The van der Waals surface area contributed by atoms with Gasteiger partial charge in [0, 0.05) is 43.9 Å². The molecule has 1 aliphatic rings. The van der Waals surface area contributed by atoms with Crippen molar-refractivity contribution in [3.05, 3.63) is 47.4 Å². The fourth-order valence-corrected chi connectivity index (χ4v) is 4.07. The Morgan fingerprint density at radius 1 is 1.23 bits per heavy atom. The standard InChI is InChI=1S/C22H27N5O3/c1-15-19(16(2)29-25-15)8-10-21(28)27-12-4-5-17(14-27)7-9-20-24-22(30-26-20)18-6-3-11-23-13-18/h3,6,11,13,17H,4-5,7-10,12,14H2,1-2H3. The molecule has 0 aliphatic carbocycles. The first-order valence-corrected chi connectivity index (χ1v) is 10.5. The van der Waals surface area contributed by atoms with E-state index in [1.165, 1.54) is 0 Å². The van der Waals surface area contributed by atoms with Gasteiger partial charge in [-0.1, -0.05) is 10.3 Å². The number of amides is 1. The number of carbonyl (C=O) groups is 1. The van der Waals surface area contributed by atoms with Crippen molar-refractivity contribution >= 4 is 5.91 Å². The first-order valence-electron chi connectivity index (χ1n) is 10.5. The van der Waals surface area contributed by atoms with Crippen LogP contribution in [0.25, 0.3) is 11.5 Å². The van der Waals surface area contributed by atoms with Crippen LogP contribution in [-0.4, -0.2) is 44.2 Å². The van der Waals surface area contributed by atoms with Crippen molar-refractivity contribution in [1.29, 1.82) is 0 Å². The van der Waals surface area contributed by atoms with Gasteiger partial charge in [0.25, 0.3) is 5.89 Å². The molecule has 1 saturated heterocycles. The van der Waals surface area contributed by atoms with Crippen LogP contribution in [0.2, 0.25) is 0 Å². The number of hydrogen-bond acceptors (Lipinski definition) is 7. The van der Waals surface area contributed by atoms with Gasteiger partial charge in [-0.05, 0) is 57.6 Å². The van der Waals surface area contributed by atoms with E-state index in [4.69, 9.17) is 9.05 Å². The zero-order chi connectivity index (χ0) is 20.9. The quantitative estimate of drug-likeness (QED) is 0.588. The molecule has 158 valence electrons. The Kier molecular flexibility index (Phi) is 6.21. The summed E-state index contributed by atoms with van der Waals surface area (Å²) >= 11 is 0. The zero-order valence-corrected chi connectivity index (χ0v) is 17.5. The second-order valence-corrected chi connectivity index (χ2v) is 7.95. The van der Waals surface area contributed by atoms with Crippen LogP contribution in [0.1, 0.15) is 48.5 Å². The molecule has 1 aliphatic heterocycles. The molecule has 0 spiro atoms. The zero-order valence-electron chi connectivity index (χ0n) is 17.5. The number of aryl methyl sites for hydroxylation is 3. The molecule has 0 radical (unpaired) electrons. The van der Waals surface area contributed by atoms with Gasteiger partial charge in [0.05, 0.1) is 11.3 Å². The molecule has 0 N–H and O–H groups in total. The lowest BCUT2D eigenvalue weighted by Gasteiger charge is -2.32. The molecule has 1 unspecified atom stereocenters. The van der Waals surface area contributed by atoms with Crippen LogP contribution in [-0.2, 0) is 17.6 Å². The number of piperidine rings is 1. The monoisotopic (exact) mass is 409 g/mol. The Morgan fingerprint density at radius 3 is 2.90 bits per heavy atom. The van der Waals surface area contributed by atoms with Gasteiger partial charge in [-0.2, -0.15) is 4.98 Å². The van der Waals surface area contributed by atoms with Crippen LogP contribution in [0, 0.1) is 19.8 Å². The lowest BCUT2D eigenvalue weighted by Crippen LogP contribution is -2.40. The Morgan fingerprint density at radius 2 is 2.13 bits per heavy atom. The van der Waals surface area contributed by atoms with E-state index >= 15 is 0 Å². The average molecular weight is 409 g/mol. The molecule has 8 heteroatoms. The third kappa shape index (κ3) is 4.75. The second kappa shape index (κ2) is 9.19. The maximum atomic E-state index is 12.7. The number of pyridine rings is 1. The number of carbonyl (C=O) groups excluding carboxylic acids is 1. The fraction of sp³-hybridized carbons (Fsp3) is 0.500. The SMILES string of the molecule is Cc1noc(C)c1CCC(=O)N1CCCC(CCc2noc(-c3cccnc3)n2)C1. The Labute approximate surface area is 175 Å². The van der Waals surface area contributed by atoms with Crippen molar-refractivity contribution < 1.29 is 13.8 Å². The summed E-state index contributed by atoms with van der Waals surface area (Å²) in [6.45, 7) is 5.46.